The van der Waals surface area contributed by atoms with Gasteiger partial charge in [-0.05, 0) is 24.3 Å². The predicted octanol–water partition coefficient (Wildman–Crippen LogP) is 3.80. The van der Waals surface area contributed by atoms with Gasteiger partial charge >= 0.3 is 5.97 Å². The molecule has 10 nitrogen and oxygen atoms in total. The molecule has 0 aliphatic heterocycles. The molecule has 2 amide bonds. The highest BCUT2D eigenvalue weighted by Crippen LogP contribution is 2.32. The highest BCUT2D eigenvalue weighted by atomic mass is 16.5. The van der Waals surface area contributed by atoms with Crippen LogP contribution in [0.3, 0.4) is 0 Å². The normalized spacial score (nSPS) is 10.6. The molecule has 4 aromatic rings. The van der Waals surface area contributed by atoms with Gasteiger partial charge in [0.25, 0.3) is 5.91 Å². The Hall–Kier alpha value is -4.73. The third-order valence-electron chi connectivity index (χ3n) is 5.23. The third kappa shape index (κ3) is 4.54. The van der Waals surface area contributed by atoms with E-state index in [2.05, 4.69) is 20.6 Å². The number of carbonyl (C=O) groups excluding carboxylic acids is 3. The summed E-state index contributed by atoms with van der Waals surface area (Å²) < 4.78 is 15.7. The van der Waals surface area contributed by atoms with E-state index in [9.17, 15) is 14.4 Å². The van der Waals surface area contributed by atoms with Crippen molar-refractivity contribution in [3.8, 4) is 11.5 Å². The molecule has 0 saturated heterocycles. The van der Waals surface area contributed by atoms with Crippen LogP contribution in [-0.4, -0.2) is 49.1 Å². The number of anilines is 2. The van der Waals surface area contributed by atoms with Crippen molar-refractivity contribution in [1.29, 1.82) is 0 Å². The number of carbonyl (C=O) groups is 3. The van der Waals surface area contributed by atoms with Gasteiger partial charge in [0.2, 0.25) is 5.91 Å². The van der Waals surface area contributed by atoms with Gasteiger partial charge in [0, 0.05) is 29.8 Å². The minimum atomic E-state index is -0.641. The van der Waals surface area contributed by atoms with Crippen molar-refractivity contribution in [2.45, 2.75) is 6.92 Å². The molecule has 2 heterocycles. The molecular weight excluding hydrogens is 452 g/mol. The van der Waals surface area contributed by atoms with Crippen molar-refractivity contribution in [2.24, 2.45) is 0 Å². The SMILES string of the molecule is COC(=O)c1cc(OC)c2cccc(NC(=O)c3cc(OC)c4cccc(NC(C)=O)c4n3)c2n1. The van der Waals surface area contributed by atoms with Crippen LogP contribution in [-0.2, 0) is 9.53 Å². The minimum Gasteiger partial charge on any atom is -0.496 e. The summed E-state index contributed by atoms with van der Waals surface area (Å²) >= 11 is 0. The van der Waals surface area contributed by atoms with Gasteiger partial charge in [0.1, 0.15) is 17.2 Å². The Balaban J connectivity index is 1.81. The average molecular weight is 474 g/mol. The number of benzene rings is 2. The summed E-state index contributed by atoms with van der Waals surface area (Å²) in [6, 6.07) is 13.3. The van der Waals surface area contributed by atoms with E-state index in [1.807, 2.05) is 0 Å². The van der Waals surface area contributed by atoms with Crippen molar-refractivity contribution in [3.63, 3.8) is 0 Å². The lowest BCUT2D eigenvalue weighted by atomic mass is 10.1. The van der Waals surface area contributed by atoms with Gasteiger partial charge in [-0.25, -0.2) is 14.8 Å². The number of ether oxygens (including phenoxy) is 3. The van der Waals surface area contributed by atoms with Crippen LogP contribution >= 0.6 is 0 Å². The lowest BCUT2D eigenvalue weighted by Crippen LogP contribution is -2.15. The van der Waals surface area contributed by atoms with Crippen molar-refractivity contribution < 1.29 is 28.6 Å². The molecule has 0 saturated carbocycles. The zero-order valence-corrected chi connectivity index (χ0v) is 19.5. The van der Waals surface area contributed by atoms with Gasteiger partial charge in [-0.3, -0.25) is 9.59 Å². The molecule has 4 rings (SSSR count). The standard InChI is InChI=1S/C25H22N4O6/c1-13(30)26-16-9-5-7-14-20(33-2)11-18(27-22(14)16)24(31)29-17-10-6-8-15-21(34-3)12-19(25(32)35-4)28-23(15)17/h5-12H,1-4H3,(H,26,30)(H,29,31). The average Bonchev–Trinajstić information content (AvgIpc) is 2.87. The summed E-state index contributed by atoms with van der Waals surface area (Å²) in [4.78, 5) is 45.9. The minimum absolute atomic E-state index is 0.0315. The number of hydrogen-bond acceptors (Lipinski definition) is 8. The van der Waals surface area contributed by atoms with Crippen LogP contribution in [0.4, 0.5) is 11.4 Å². The van der Waals surface area contributed by atoms with Crippen LogP contribution in [0.15, 0.2) is 48.5 Å². The van der Waals surface area contributed by atoms with Crippen molar-refractivity contribution in [2.75, 3.05) is 32.0 Å². The highest BCUT2D eigenvalue weighted by Gasteiger charge is 2.19. The number of hydrogen-bond donors (Lipinski definition) is 2. The molecule has 2 aromatic heterocycles. The van der Waals surface area contributed by atoms with Gasteiger partial charge in [0.05, 0.1) is 43.7 Å². The topological polar surface area (TPSA) is 129 Å². The Labute approximate surface area is 200 Å². The maximum atomic E-state index is 13.3. The molecule has 0 atom stereocenters. The molecule has 2 N–H and O–H groups in total. The predicted molar refractivity (Wildman–Crippen MR) is 130 cm³/mol. The van der Waals surface area contributed by atoms with E-state index in [4.69, 9.17) is 14.2 Å². The molecule has 0 bridgehead atoms. The van der Waals surface area contributed by atoms with E-state index in [0.717, 1.165) is 0 Å². The number of para-hydroxylation sites is 2. The number of amides is 2. The summed E-state index contributed by atoms with van der Waals surface area (Å²) in [5, 5.41) is 6.74. The fourth-order valence-electron chi connectivity index (χ4n) is 3.68. The Morgan fingerprint density at radius 1 is 0.743 bits per heavy atom. The Kier molecular flexibility index (Phi) is 6.45. The molecule has 0 aliphatic carbocycles. The number of nitrogens with one attached hydrogen (secondary N) is 2. The van der Waals surface area contributed by atoms with E-state index in [0.29, 0.717) is 44.7 Å². The van der Waals surface area contributed by atoms with Crippen LogP contribution in [0.1, 0.15) is 27.9 Å². The number of nitrogens with zero attached hydrogens (tertiary/aromatic N) is 2. The number of methoxy groups -OCH3 is 3. The van der Waals surface area contributed by atoms with E-state index in [1.165, 1.54) is 40.4 Å². The second kappa shape index (κ2) is 9.64. The smallest absolute Gasteiger partial charge is 0.356 e. The second-order valence-electron chi connectivity index (χ2n) is 7.45. The van der Waals surface area contributed by atoms with Crippen LogP contribution in [0.5, 0.6) is 11.5 Å². The lowest BCUT2D eigenvalue weighted by Gasteiger charge is -2.14. The molecule has 0 unspecified atom stereocenters. The first-order valence-corrected chi connectivity index (χ1v) is 10.5. The maximum absolute atomic E-state index is 13.3. The molecule has 0 spiro atoms. The zero-order valence-electron chi connectivity index (χ0n) is 19.5. The number of esters is 1. The first-order chi connectivity index (χ1) is 16.9. The van der Waals surface area contributed by atoms with Gasteiger partial charge < -0.3 is 24.8 Å². The summed E-state index contributed by atoms with van der Waals surface area (Å²) in [5.41, 5.74) is 1.62. The van der Waals surface area contributed by atoms with Crippen molar-refractivity contribution in [1.82, 2.24) is 9.97 Å². The molecule has 0 fully saturated rings. The number of rotatable bonds is 6. The van der Waals surface area contributed by atoms with Crippen molar-refractivity contribution >= 4 is 51.0 Å². The largest absolute Gasteiger partial charge is 0.496 e. The molecule has 2 aromatic carbocycles. The Bertz CT molecular complexity index is 1480. The van der Waals surface area contributed by atoms with E-state index in [-0.39, 0.29) is 17.3 Å². The van der Waals surface area contributed by atoms with Gasteiger partial charge in [-0.1, -0.05) is 12.1 Å². The van der Waals surface area contributed by atoms with Crippen LogP contribution in [0, 0.1) is 0 Å². The molecule has 0 aliphatic rings. The number of aromatic nitrogens is 2. The third-order valence-corrected chi connectivity index (χ3v) is 5.23. The van der Waals surface area contributed by atoms with Crippen LogP contribution in [0.2, 0.25) is 0 Å². The van der Waals surface area contributed by atoms with Gasteiger partial charge in [-0.2, -0.15) is 0 Å². The Morgan fingerprint density at radius 3 is 1.77 bits per heavy atom. The first-order valence-electron chi connectivity index (χ1n) is 10.5. The second-order valence-corrected chi connectivity index (χ2v) is 7.45. The quantitative estimate of drug-likeness (QED) is 0.404. The summed E-state index contributed by atoms with van der Waals surface area (Å²) in [7, 11) is 4.21. The maximum Gasteiger partial charge on any atom is 0.356 e. The van der Waals surface area contributed by atoms with E-state index < -0.39 is 11.9 Å². The summed E-state index contributed by atoms with van der Waals surface area (Å²) in [5.74, 6) is -0.641. The Morgan fingerprint density at radius 2 is 1.26 bits per heavy atom. The number of pyridine rings is 2. The zero-order chi connectivity index (χ0) is 25.1. The monoisotopic (exact) mass is 474 g/mol. The lowest BCUT2D eigenvalue weighted by molar-refractivity contribution is -0.114. The molecule has 35 heavy (non-hydrogen) atoms. The fraction of sp³-hybridized carbons (Fsp3) is 0.160. The molecule has 178 valence electrons. The van der Waals surface area contributed by atoms with Crippen molar-refractivity contribution in [3.05, 3.63) is 59.9 Å². The highest BCUT2D eigenvalue weighted by molar-refractivity contribution is 6.11. The van der Waals surface area contributed by atoms with E-state index in [1.54, 1.807) is 36.4 Å². The molecular formula is C25H22N4O6. The molecule has 10 heteroatoms. The molecule has 0 radical (unpaired) electrons. The summed E-state index contributed by atoms with van der Waals surface area (Å²) in [6.45, 7) is 1.39. The van der Waals surface area contributed by atoms with Gasteiger partial charge in [-0.15, -0.1) is 0 Å². The van der Waals surface area contributed by atoms with Gasteiger partial charge in [0.15, 0.2) is 5.69 Å². The number of fused-ring (bicyclic) bond motifs is 2. The van der Waals surface area contributed by atoms with E-state index >= 15 is 0 Å². The van der Waals surface area contributed by atoms with Crippen LogP contribution in [0.25, 0.3) is 21.8 Å². The fourth-order valence-corrected chi connectivity index (χ4v) is 3.68. The van der Waals surface area contributed by atoms with Crippen LogP contribution < -0.4 is 20.1 Å². The first kappa shape index (κ1) is 23.4. The summed E-state index contributed by atoms with van der Waals surface area (Å²) in [6.07, 6.45) is 0.